The second-order valence-electron chi connectivity index (χ2n) is 9.04. The van der Waals surface area contributed by atoms with Crippen LogP contribution in [0.2, 0.25) is 0 Å². The largest absolute Gasteiger partial charge is 0.395 e. The molecule has 1 aliphatic carbocycles. The summed E-state index contributed by atoms with van der Waals surface area (Å²) in [6.07, 6.45) is 10.0. The SMILES string of the molecule is CCN(CCO)C1CCC(CCN2CCC(Cc3cc(F)ccc3Br)CC2)CC1. The van der Waals surface area contributed by atoms with Crippen LogP contribution >= 0.6 is 15.9 Å². The molecule has 0 radical (unpaired) electrons. The molecule has 0 unspecified atom stereocenters. The van der Waals surface area contributed by atoms with Gasteiger partial charge in [0.05, 0.1) is 6.61 Å². The Hall–Kier alpha value is -0.490. The maximum absolute atomic E-state index is 13.5. The molecule has 1 aliphatic heterocycles. The van der Waals surface area contributed by atoms with E-state index in [9.17, 15) is 9.50 Å². The van der Waals surface area contributed by atoms with Crippen LogP contribution < -0.4 is 0 Å². The molecule has 164 valence electrons. The van der Waals surface area contributed by atoms with Gasteiger partial charge in [0.1, 0.15) is 5.82 Å². The number of aliphatic hydroxyl groups excluding tert-OH is 1. The monoisotopic (exact) mass is 468 g/mol. The second-order valence-corrected chi connectivity index (χ2v) is 9.89. The zero-order chi connectivity index (χ0) is 20.6. The summed E-state index contributed by atoms with van der Waals surface area (Å²) in [5.74, 6) is 1.42. The standard InChI is InChI=1S/C24H38BrFN2O/c1-2-28(15-16-29)23-6-3-19(4-7-23)9-12-27-13-10-20(11-14-27)17-21-18-22(26)5-8-24(21)25/h5,8,18-20,23,29H,2-4,6-7,9-17H2,1H3. The van der Waals surface area contributed by atoms with Crippen LogP contribution in [0, 0.1) is 17.7 Å². The second kappa shape index (κ2) is 11.8. The first-order valence-corrected chi connectivity index (χ1v) is 12.4. The number of nitrogens with zero attached hydrogens (tertiary/aromatic N) is 2. The Morgan fingerprint density at radius 3 is 2.48 bits per heavy atom. The molecule has 1 heterocycles. The number of aliphatic hydroxyl groups is 1. The molecule has 0 spiro atoms. The quantitative estimate of drug-likeness (QED) is 0.545. The molecule has 1 saturated carbocycles. The smallest absolute Gasteiger partial charge is 0.123 e. The molecule has 2 fully saturated rings. The molecular weight excluding hydrogens is 431 g/mol. The molecule has 0 atom stereocenters. The van der Waals surface area contributed by atoms with E-state index in [4.69, 9.17) is 0 Å². The zero-order valence-electron chi connectivity index (χ0n) is 18.0. The Balaban J connectivity index is 1.34. The summed E-state index contributed by atoms with van der Waals surface area (Å²) in [7, 11) is 0. The number of likely N-dealkylation sites (N-methyl/N-ethyl adjacent to an activating group) is 1. The van der Waals surface area contributed by atoms with Gasteiger partial charge < -0.3 is 10.0 Å². The van der Waals surface area contributed by atoms with Crippen molar-refractivity contribution in [1.82, 2.24) is 9.80 Å². The number of piperidine rings is 1. The van der Waals surface area contributed by atoms with E-state index < -0.39 is 0 Å². The van der Waals surface area contributed by atoms with Gasteiger partial charge in [-0.05, 0) is 113 Å². The minimum atomic E-state index is -0.131. The van der Waals surface area contributed by atoms with Gasteiger partial charge in [-0.3, -0.25) is 4.90 Å². The third-order valence-corrected chi connectivity index (χ3v) is 7.98. The molecule has 0 bridgehead atoms. The molecule has 1 N–H and O–H groups in total. The van der Waals surface area contributed by atoms with E-state index in [1.165, 1.54) is 70.6 Å². The van der Waals surface area contributed by atoms with Crippen LogP contribution in [0.15, 0.2) is 22.7 Å². The average molecular weight is 469 g/mol. The van der Waals surface area contributed by atoms with Gasteiger partial charge in [-0.2, -0.15) is 0 Å². The fourth-order valence-electron chi connectivity index (χ4n) is 5.32. The summed E-state index contributed by atoms with van der Waals surface area (Å²) in [5, 5.41) is 9.24. The van der Waals surface area contributed by atoms with Crippen molar-refractivity contribution in [1.29, 1.82) is 0 Å². The summed E-state index contributed by atoms with van der Waals surface area (Å²) < 4.78 is 14.6. The van der Waals surface area contributed by atoms with Gasteiger partial charge in [0.15, 0.2) is 0 Å². The summed E-state index contributed by atoms with van der Waals surface area (Å²) >= 11 is 3.57. The van der Waals surface area contributed by atoms with Crippen molar-refractivity contribution in [3.8, 4) is 0 Å². The van der Waals surface area contributed by atoms with Crippen molar-refractivity contribution in [2.45, 2.75) is 64.3 Å². The normalized spacial score (nSPS) is 24.3. The highest BCUT2D eigenvalue weighted by atomic mass is 79.9. The molecule has 3 nitrogen and oxygen atoms in total. The Labute approximate surface area is 184 Å². The summed E-state index contributed by atoms with van der Waals surface area (Å²) in [5.41, 5.74) is 1.11. The van der Waals surface area contributed by atoms with E-state index >= 15 is 0 Å². The van der Waals surface area contributed by atoms with Crippen LogP contribution in [0.25, 0.3) is 0 Å². The lowest BCUT2D eigenvalue weighted by molar-refractivity contribution is 0.108. The van der Waals surface area contributed by atoms with Crippen LogP contribution in [-0.4, -0.2) is 60.3 Å². The van der Waals surface area contributed by atoms with Gasteiger partial charge in [-0.1, -0.05) is 22.9 Å². The highest BCUT2D eigenvalue weighted by Gasteiger charge is 2.26. The van der Waals surface area contributed by atoms with Crippen LogP contribution in [-0.2, 0) is 6.42 Å². The van der Waals surface area contributed by atoms with Gasteiger partial charge in [0.2, 0.25) is 0 Å². The van der Waals surface area contributed by atoms with Gasteiger partial charge in [-0.25, -0.2) is 4.39 Å². The number of rotatable bonds is 9. The van der Waals surface area contributed by atoms with E-state index in [2.05, 4.69) is 32.7 Å². The lowest BCUT2D eigenvalue weighted by Gasteiger charge is -2.37. The lowest BCUT2D eigenvalue weighted by atomic mass is 9.83. The molecule has 29 heavy (non-hydrogen) atoms. The fourth-order valence-corrected chi connectivity index (χ4v) is 5.72. The molecule has 5 heteroatoms. The predicted molar refractivity (Wildman–Crippen MR) is 122 cm³/mol. The van der Waals surface area contributed by atoms with E-state index in [1.807, 2.05) is 6.07 Å². The van der Waals surface area contributed by atoms with Crippen LogP contribution in [0.5, 0.6) is 0 Å². The number of hydrogen-bond acceptors (Lipinski definition) is 3. The van der Waals surface area contributed by atoms with Crippen molar-refractivity contribution >= 4 is 15.9 Å². The van der Waals surface area contributed by atoms with Crippen molar-refractivity contribution in [2.24, 2.45) is 11.8 Å². The maximum atomic E-state index is 13.5. The van der Waals surface area contributed by atoms with Crippen molar-refractivity contribution < 1.29 is 9.50 Å². The van der Waals surface area contributed by atoms with E-state index in [0.29, 0.717) is 12.0 Å². The van der Waals surface area contributed by atoms with E-state index in [1.54, 1.807) is 6.07 Å². The lowest BCUT2D eigenvalue weighted by Crippen LogP contribution is -2.40. The third-order valence-electron chi connectivity index (χ3n) is 7.20. The average Bonchev–Trinajstić information content (AvgIpc) is 2.74. The summed E-state index contributed by atoms with van der Waals surface area (Å²) in [4.78, 5) is 5.10. The number of hydrogen-bond donors (Lipinski definition) is 1. The van der Waals surface area contributed by atoms with Gasteiger partial charge in [0.25, 0.3) is 0 Å². The van der Waals surface area contributed by atoms with Crippen LogP contribution in [0.1, 0.15) is 57.4 Å². The number of benzene rings is 1. The Bertz CT molecular complexity index is 613. The Morgan fingerprint density at radius 1 is 1.10 bits per heavy atom. The molecule has 2 aliphatic rings. The molecule has 1 aromatic rings. The first-order chi connectivity index (χ1) is 14.1. The molecular formula is C24H38BrFN2O. The summed E-state index contributed by atoms with van der Waals surface area (Å²) in [6.45, 7) is 7.97. The molecule has 1 saturated heterocycles. The molecule has 3 rings (SSSR count). The third kappa shape index (κ3) is 7.02. The maximum Gasteiger partial charge on any atom is 0.123 e. The van der Waals surface area contributed by atoms with Crippen LogP contribution in [0.4, 0.5) is 4.39 Å². The fraction of sp³-hybridized carbons (Fsp3) is 0.750. The van der Waals surface area contributed by atoms with E-state index in [-0.39, 0.29) is 12.4 Å². The first kappa shape index (κ1) is 23.2. The number of halogens is 2. The minimum Gasteiger partial charge on any atom is -0.395 e. The Kier molecular flexibility index (Phi) is 9.42. The topological polar surface area (TPSA) is 26.7 Å². The minimum absolute atomic E-state index is 0.131. The first-order valence-electron chi connectivity index (χ1n) is 11.6. The molecule has 0 aromatic heterocycles. The van der Waals surface area contributed by atoms with E-state index in [0.717, 1.165) is 35.5 Å². The van der Waals surface area contributed by atoms with Gasteiger partial charge >= 0.3 is 0 Å². The number of likely N-dealkylation sites (tertiary alicyclic amines) is 1. The highest BCUT2D eigenvalue weighted by Crippen LogP contribution is 2.31. The van der Waals surface area contributed by atoms with Crippen molar-refractivity contribution in [3.05, 3.63) is 34.1 Å². The zero-order valence-corrected chi connectivity index (χ0v) is 19.5. The predicted octanol–water partition coefficient (Wildman–Crippen LogP) is 5.11. The van der Waals surface area contributed by atoms with Crippen LogP contribution in [0.3, 0.4) is 0 Å². The van der Waals surface area contributed by atoms with Gasteiger partial charge in [0, 0.05) is 17.1 Å². The van der Waals surface area contributed by atoms with Crippen molar-refractivity contribution in [3.63, 3.8) is 0 Å². The molecule has 1 aromatic carbocycles. The highest BCUT2D eigenvalue weighted by molar-refractivity contribution is 9.10. The Morgan fingerprint density at radius 2 is 1.83 bits per heavy atom. The van der Waals surface area contributed by atoms with Crippen molar-refractivity contribution in [2.75, 3.05) is 39.3 Å². The molecule has 0 amide bonds. The van der Waals surface area contributed by atoms with Gasteiger partial charge in [-0.15, -0.1) is 0 Å². The summed E-state index contributed by atoms with van der Waals surface area (Å²) in [6, 6.07) is 5.72.